The van der Waals surface area contributed by atoms with Gasteiger partial charge in [0.2, 0.25) is 5.91 Å². The summed E-state index contributed by atoms with van der Waals surface area (Å²) < 4.78 is 11.1. The van der Waals surface area contributed by atoms with Crippen LogP contribution in [0.1, 0.15) is 30.9 Å². The fourth-order valence-corrected chi connectivity index (χ4v) is 4.83. The number of amides is 1. The molecule has 0 unspecified atom stereocenters. The van der Waals surface area contributed by atoms with Gasteiger partial charge >= 0.3 is 11.9 Å². The standard InChI is InChI=1S/C33H30Cl2N2O5/c1-23(38)37(29-18-9-8-17-28(29)36-32-26(34)15-10-16-27(32)35)30(33(40)42-22-25-13-6-3-7-14-25)19-20-31(39)41-21-24-11-4-2-5-12-24/h2-18,30,36H,19-22H2,1H3/t30-/m0/s1. The quantitative estimate of drug-likeness (QED) is 0.167. The molecule has 0 aliphatic rings. The van der Waals surface area contributed by atoms with Crippen LogP contribution in [0.4, 0.5) is 17.1 Å². The van der Waals surface area contributed by atoms with E-state index in [9.17, 15) is 14.4 Å². The van der Waals surface area contributed by atoms with E-state index in [2.05, 4.69) is 5.32 Å². The third kappa shape index (κ3) is 8.35. The normalized spacial score (nSPS) is 11.3. The molecule has 4 rings (SSSR count). The van der Waals surface area contributed by atoms with Crippen LogP contribution >= 0.6 is 23.2 Å². The number of nitrogens with zero attached hydrogens (tertiary/aromatic N) is 1. The number of carbonyl (C=O) groups excluding carboxylic acids is 3. The maximum absolute atomic E-state index is 13.6. The van der Waals surface area contributed by atoms with Crippen molar-refractivity contribution in [1.82, 2.24) is 0 Å². The first kappa shape index (κ1) is 30.6. The van der Waals surface area contributed by atoms with E-state index in [-0.39, 0.29) is 26.1 Å². The van der Waals surface area contributed by atoms with Gasteiger partial charge in [-0.1, -0.05) is 102 Å². The van der Waals surface area contributed by atoms with E-state index in [4.69, 9.17) is 32.7 Å². The number of nitrogens with one attached hydrogen (secondary N) is 1. The molecule has 0 heterocycles. The van der Waals surface area contributed by atoms with Gasteiger partial charge in [0.1, 0.15) is 19.3 Å². The van der Waals surface area contributed by atoms with Gasteiger partial charge in [-0.05, 0) is 41.8 Å². The van der Waals surface area contributed by atoms with Crippen molar-refractivity contribution in [2.45, 2.75) is 39.0 Å². The van der Waals surface area contributed by atoms with E-state index < -0.39 is 23.9 Å². The second-order valence-electron chi connectivity index (χ2n) is 9.42. The fourth-order valence-electron chi connectivity index (χ4n) is 4.34. The van der Waals surface area contributed by atoms with Crippen molar-refractivity contribution in [2.24, 2.45) is 0 Å². The van der Waals surface area contributed by atoms with Gasteiger partial charge in [0, 0.05) is 13.3 Å². The van der Waals surface area contributed by atoms with Gasteiger partial charge in [0.15, 0.2) is 0 Å². The fraction of sp³-hybridized carbons (Fsp3) is 0.182. The van der Waals surface area contributed by atoms with Crippen LogP contribution in [0.3, 0.4) is 0 Å². The SMILES string of the molecule is CC(=O)N(c1ccccc1Nc1c(Cl)cccc1Cl)[C@@H](CCC(=O)OCc1ccccc1)C(=O)OCc1ccccc1. The number of esters is 2. The molecule has 4 aromatic rings. The summed E-state index contributed by atoms with van der Waals surface area (Å²) in [5.74, 6) is -1.58. The Kier molecular flexibility index (Phi) is 11.0. The number of hydrogen-bond acceptors (Lipinski definition) is 6. The lowest BCUT2D eigenvalue weighted by atomic mass is 10.1. The molecule has 7 nitrogen and oxygen atoms in total. The van der Waals surface area contributed by atoms with E-state index in [1.165, 1.54) is 11.8 Å². The van der Waals surface area contributed by atoms with Crippen molar-refractivity contribution in [2.75, 3.05) is 10.2 Å². The van der Waals surface area contributed by atoms with E-state index in [1.54, 1.807) is 42.5 Å². The number of rotatable bonds is 12. The zero-order valence-corrected chi connectivity index (χ0v) is 24.5. The largest absolute Gasteiger partial charge is 0.461 e. The Morgan fingerprint density at radius 1 is 0.738 bits per heavy atom. The lowest BCUT2D eigenvalue weighted by Crippen LogP contribution is -2.45. The smallest absolute Gasteiger partial charge is 0.329 e. The Labute approximate surface area is 255 Å². The summed E-state index contributed by atoms with van der Waals surface area (Å²) in [6, 6.07) is 29.4. The number of carbonyl (C=O) groups is 3. The van der Waals surface area contributed by atoms with Crippen molar-refractivity contribution in [3.05, 3.63) is 124 Å². The van der Waals surface area contributed by atoms with Crippen LogP contribution in [-0.4, -0.2) is 23.9 Å². The van der Waals surface area contributed by atoms with E-state index in [0.29, 0.717) is 27.1 Å². The summed E-state index contributed by atoms with van der Waals surface area (Å²) in [6.07, 6.45) is -0.143. The van der Waals surface area contributed by atoms with Crippen LogP contribution in [0.25, 0.3) is 0 Å². The summed E-state index contributed by atoms with van der Waals surface area (Å²) >= 11 is 12.8. The predicted octanol–water partition coefficient (Wildman–Crippen LogP) is 7.73. The van der Waals surface area contributed by atoms with Gasteiger partial charge in [-0.25, -0.2) is 4.79 Å². The average molecular weight is 606 g/mol. The van der Waals surface area contributed by atoms with Gasteiger partial charge < -0.3 is 14.8 Å². The highest BCUT2D eigenvalue weighted by Gasteiger charge is 2.33. The Balaban J connectivity index is 1.60. The highest BCUT2D eigenvalue weighted by molar-refractivity contribution is 6.39. The van der Waals surface area contributed by atoms with Crippen LogP contribution in [0.5, 0.6) is 0 Å². The maximum Gasteiger partial charge on any atom is 0.329 e. The molecule has 0 radical (unpaired) electrons. The predicted molar refractivity (Wildman–Crippen MR) is 165 cm³/mol. The third-order valence-electron chi connectivity index (χ3n) is 6.40. The number of benzene rings is 4. The number of hydrogen-bond donors (Lipinski definition) is 1. The first-order valence-corrected chi connectivity index (χ1v) is 14.1. The molecule has 0 fully saturated rings. The molecular weight excluding hydrogens is 575 g/mol. The van der Waals surface area contributed by atoms with Crippen molar-refractivity contribution < 1.29 is 23.9 Å². The minimum absolute atomic E-state index is 0.00942. The van der Waals surface area contributed by atoms with Gasteiger partial charge in [0.25, 0.3) is 0 Å². The molecule has 0 spiro atoms. The molecule has 1 N–H and O–H groups in total. The molecule has 216 valence electrons. The van der Waals surface area contributed by atoms with Gasteiger partial charge in [-0.3, -0.25) is 14.5 Å². The summed E-state index contributed by atoms with van der Waals surface area (Å²) in [5.41, 5.74) is 2.95. The van der Waals surface area contributed by atoms with Crippen molar-refractivity contribution >= 4 is 58.1 Å². The molecule has 1 atom stereocenters. The van der Waals surface area contributed by atoms with Gasteiger partial charge in [-0.15, -0.1) is 0 Å². The molecule has 0 aliphatic carbocycles. The van der Waals surface area contributed by atoms with E-state index in [0.717, 1.165) is 11.1 Å². The Morgan fingerprint density at radius 3 is 1.88 bits per heavy atom. The van der Waals surface area contributed by atoms with Crippen molar-refractivity contribution in [3.8, 4) is 0 Å². The summed E-state index contributed by atoms with van der Waals surface area (Å²) in [5, 5.41) is 3.96. The monoisotopic (exact) mass is 604 g/mol. The van der Waals surface area contributed by atoms with Crippen LogP contribution in [0.15, 0.2) is 103 Å². The van der Waals surface area contributed by atoms with E-state index in [1.807, 2.05) is 60.7 Å². The summed E-state index contributed by atoms with van der Waals surface area (Å²) in [4.78, 5) is 40.8. The number of para-hydroxylation sites is 3. The highest BCUT2D eigenvalue weighted by atomic mass is 35.5. The lowest BCUT2D eigenvalue weighted by Gasteiger charge is -2.31. The minimum atomic E-state index is -1.12. The van der Waals surface area contributed by atoms with Crippen molar-refractivity contribution in [1.29, 1.82) is 0 Å². The zero-order valence-electron chi connectivity index (χ0n) is 23.0. The Hall–Kier alpha value is -4.33. The molecule has 0 saturated heterocycles. The minimum Gasteiger partial charge on any atom is -0.461 e. The number of anilines is 3. The van der Waals surface area contributed by atoms with E-state index >= 15 is 0 Å². The molecule has 4 aromatic carbocycles. The Morgan fingerprint density at radius 2 is 1.29 bits per heavy atom. The molecule has 0 saturated carbocycles. The molecule has 9 heteroatoms. The van der Waals surface area contributed by atoms with Crippen LogP contribution in [0.2, 0.25) is 10.0 Å². The molecule has 1 amide bonds. The zero-order chi connectivity index (χ0) is 29.9. The second-order valence-corrected chi connectivity index (χ2v) is 10.2. The van der Waals surface area contributed by atoms with Crippen molar-refractivity contribution in [3.63, 3.8) is 0 Å². The molecule has 0 bridgehead atoms. The van der Waals surface area contributed by atoms with Gasteiger partial charge in [0.05, 0.1) is 27.1 Å². The maximum atomic E-state index is 13.6. The molecule has 42 heavy (non-hydrogen) atoms. The topological polar surface area (TPSA) is 84.9 Å². The molecule has 0 aromatic heterocycles. The molecular formula is C33H30Cl2N2O5. The summed E-state index contributed by atoms with van der Waals surface area (Å²) in [7, 11) is 0. The summed E-state index contributed by atoms with van der Waals surface area (Å²) in [6.45, 7) is 1.46. The van der Waals surface area contributed by atoms with Crippen LogP contribution < -0.4 is 10.2 Å². The highest BCUT2D eigenvalue weighted by Crippen LogP contribution is 2.37. The van der Waals surface area contributed by atoms with Crippen LogP contribution in [0, 0.1) is 0 Å². The second kappa shape index (κ2) is 15.1. The van der Waals surface area contributed by atoms with Gasteiger partial charge in [-0.2, -0.15) is 0 Å². The Bertz CT molecular complexity index is 1500. The first-order chi connectivity index (χ1) is 20.3. The number of halogens is 2. The van der Waals surface area contributed by atoms with Crippen LogP contribution in [-0.2, 0) is 37.1 Å². The third-order valence-corrected chi connectivity index (χ3v) is 7.03. The average Bonchev–Trinajstić information content (AvgIpc) is 3.00. The number of ether oxygens (including phenoxy) is 2. The lowest BCUT2D eigenvalue weighted by molar-refractivity contribution is -0.149. The molecule has 0 aliphatic heterocycles. The first-order valence-electron chi connectivity index (χ1n) is 13.3.